The summed E-state index contributed by atoms with van der Waals surface area (Å²) >= 11 is 7.69. The van der Waals surface area contributed by atoms with Crippen molar-refractivity contribution in [2.45, 2.75) is 4.90 Å². The van der Waals surface area contributed by atoms with Crippen LogP contribution in [0.5, 0.6) is 0 Å². The number of aromatic nitrogens is 1. The highest BCUT2D eigenvalue weighted by Crippen LogP contribution is 2.18. The maximum absolute atomic E-state index is 12.1. The maximum atomic E-state index is 12.1. The molecule has 5 nitrogen and oxygen atoms in total. The van der Waals surface area contributed by atoms with E-state index in [4.69, 9.17) is 11.6 Å². The molecule has 0 spiro atoms. The molecule has 2 rings (SSSR count). The predicted molar refractivity (Wildman–Crippen MR) is 82.0 cm³/mol. The molecule has 0 fully saturated rings. The lowest BCUT2D eigenvalue weighted by Gasteiger charge is -2.08. The van der Waals surface area contributed by atoms with Crippen LogP contribution in [0, 0.1) is 3.57 Å². The van der Waals surface area contributed by atoms with E-state index in [0.29, 0.717) is 5.69 Å². The first-order valence-corrected chi connectivity index (χ1v) is 7.99. The van der Waals surface area contributed by atoms with E-state index in [2.05, 4.69) is 32.3 Å². The van der Waals surface area contributed by atoms with Gasteiger partial charge in [0.15, 0.2) is 0 Å². The molecule has 0 bridgehead atoms. The van der Waals surface area contributed by atoms with Gasteiger partial charge in [0.05, 0.1) is 0 Å². The van der Waals surface area contributed by atoms with Crippen LogP contribution in [0.3, 0.4) is 0 Å². The summed E-state index contributed by atoms with van der Waals surface area (Å²) in [6.45, 7) is 0. The van der Waals surface area contributed by atoms with Crippen LogP contribution in [0.4, 0.5) is 5.69 Å². The third kappa shape index (κ3) is 3.48. The van der Waals surface area contributed by atoms with Gasteiger partial charge in [-0.05, 0) is 46.9 Å². The minimum absolute atomic E-state index is 0.101. The van der Waals surface area contributed by atoms with Gasteiger partial charge in [-0.15, -0.1) is 0 Å². The van der Waals surface area contributed by atoms with E-state index in [1.807, 2.05) is 6.07 Å². The van der Waals surface area contributed by atoms with Gasteiger partial charge in [0.2, 0.25) is 0 Å². The maximum Gasteiger partial charge on any atom is 0.266 e. The third-order valence-corrected chi connectivity index (χ3v) is 4.53. The zero-order chi connectivity index (χ0) is 14.0. The zero-order valence-electron chi connectivity index (χ0n) is 9.35. The standard InChI is InChI=1S/C11H8ClIN2O3S/c12-10-5-9(6-14-11(10)16)19(17,18)15-8-3-1-2-7(13)4-8/h1-6,15H,(H,14,16). The van der Waals surface area contributed by atoms with Gasteiger partial charge >= 0.3 is 0 Å². The summed E-state index contributed by atoms with van der Waals surface area (Å²) in [7, 11) is -3.78. The van der Waals surface area contributed by atoms with Crippen LogP contribution in [0.1, 0.15) is 0 Å². The number of rotatable bonds is 3. The van der Waals surface area contributed by atoms with Crippen LogP contribution >= 0.6 is 34.2 Å². The SMILES string of the molecule is O=c1[nH]cc(S(=O)(=O)Nc2cccc(I)c2)cc1Cl. The molecule has 0 radical (unpaired) electrons. The Morgan fingerprint density at radius 1 is 1.26 bits per heavy atom. The number of H-pyrrole nitrogens is 1. The summed E-state index contributed by atoms with van der Waals surface area (Å²) in [5.41, 5.74) is -0.0934. The van der Waals surface area contributed by atoms with Crippen molar-refractivity contribution in [3.8, 4) is 0 Å². The average molecular weight is 411 g/mol. The molecule has 19 heavy (non-hydrogen) atoms. The minimum atomic E-state index is -3.78. The topological polar surface area (TPSA) is 79.0 Å². The Hall–Kier alpha value is -1.06. The van der Waals surface area contributed by atoms with Crippen LogP contribution in [-0.4, -0.2) is 13.4 Å². The number of hydrogen-bond donors (Lipinski definition) is 2. The summed E-state index contributed by atoms with van der Waals surface area (Å²) in [4.78, 5) is 13.3. The van der Waals surface area contributed by atoms with Gasteiger partial charge < -0.3 is 4.98 Å². The first kappa shape index (κ1) is 14.4. The van der Waals surface area contributed by atoms with Crippen LogP contribution in [0.25, 0.3) is 0 Å². The molecular formula is C11H8ClIN2O3S. The number of sulfonamides is 1. The van der Waals surface area contributed by atoms with Crippen molar-refractivity contribution in [1.82, 2.24) is 4.98 Å². The summed E-state index contributed by atoms with van der Waals surface area (Å²) in [5, 5.41) is -0.175. The van der Waals surface area contributed by atoms with Gasteiger partial charge in [0.25, 0.3) is 15.6 Å². The first-order valence-electron chi connectivity index (χ1n) is 5.05. The number of nitrogens with one attached hydrogen (secondary N) is 2. The lowest BCUT2D eigenvalue weighted by molar-refractivity contribution is 0.600. The van der Waals surface area contributed by atoms with Crippen molar-refractivity contribution in [2.24, 2.45) is 0 Å². The molecule has 0 unspecified atom stereocenters. The smallest absolute Gasteiger partial charge is 0.266 e. The van der Waals surface area contributed by atoms with E-state index >= 15 is 0 Å². The molecule has 100 valence electrons. The molecule has 1 aromatic carbocycles. The van der Waals surface area contributed by atoms with Crippen LogP contribution < -0.4 is 10.3 Å². The summed E-state index contributed by atoms with van der Waals surface area (Å²) in [5.74, 6) is 0. The highest BCUT2D eigenvalue weighted by molar-refractivity contribution is 14.1. The Labute approximate surface area is 128 Å². The lowest BCUT2D eigenvalue weighted by Crippen LogP contribution is -2.16. The molecule has 0 aliphatic rings. The molecule has 2 aromatic rings. The fourth-order valence-electron chi connectivity index (χ4n) is 1.36. The second-order valence-corrected chi connectivity index (χ2v) is 6.96. The highest BCUT2D eigenvalue weighted by atomic mass is 127. The number of aromatic amines is 1. The largest absolute Gasteiger partial charge is 0.326 e. The normalized spacial score (nSPS) is 11.3. The van der Waals surface area contributed by atoms with Gasteiger partial charge in [-0.2, -0.15) is 0 Å². The monoisotopic (exact) mass is 410 g/mol. The van der Waals surface area contributed by atoms with E-state index in [-0.39, 0.29) is 9.92 Å². The molecular weight excluding hydrogens is 403 g/mol. The zero-order valence-corrected chi connectivity index (χ0v) is 13.1. The molecule has 0 atom stereocenters. The van der Waals surface area contributed by atoms with Crippen molar-refractivity contribution in [3.63, 3.8) is 0 Å². The predicted octanol–water partition coefficient (Wildman–Crippen LogP) is 2.43. The molecule has 0 aliphatic carbocycles. The minimum Gasteiger partial charge on any atom is -0.326 e. The van der Waals surface area contributed by atoms with Crippen molar-refractivity contribution in [3.05, 3.63) is 55.5 Å². The van der Waals surface area contributed by atoms with Crippen LogP contribution in [0.2, 0.25) is 5.02 Å². The van der Waals surface area contributed by atoms with Gasteiger partial charge in [0, 0.05) is 15.5 Å². The van der Waals surface area contributed by atoms with Crippen molar-refractivity contribution < 1.29 is 8.42 Å². The quantitative estimate of drug-likeness (QED) is 0.763. The Morgan fingerprint density at radius 2 is 2.00 bits per heavy atom. The number of anilines is 1. The van der Waals surface area contributed by atoms with Crippen molar-refractivity contribution >= 4 is 49.9 Å². The molecule has 0 aliphatic heterocycles. The first-order chi connectivity index (χ1) is 8.88. The molecule has 8 heteroatoms. The van der Waals surface area contributed by atoms with E-state index in [1.165, 1.54) is 0 Å². The van der Waals surface area contributed by atoms with Gasteiger partial charge in [-0.1, -0.05) is 17.7 Å². The molecule has 1 heterocycles. The number of halogens is 2. The highest BCUT2D eigenvalue weighted by Gasteiger charge is 2.15. The average Bonchev–Trinajstić information content (AvgIpc) is 2.32. The van der Waals surface area contributed by atoms with Gasteiger partial charge in [-0.25, -0.2) is 8.42 Å². The fraction of sp³-hybridized carbons (Fsp3) is 0. The Balaban J connectivity index is 2.37. The van der Waals surface area contributed by atoms with Crippen molar-refractivity contribution in [1.29, 1.82) is 0 Å². The second-order valence-electron chi connectivity index (χ2n) is 3.63. The van der Waals surface area contributed by atoms with Crippen LogP contribution in [0.15, 0.2) is 46.2 Å². The molecule has 1 aromatic heterocycles. The Kier molecular flexibility index (Phi) is 4.16. The van der Waals surface area contributed by atoms with Gasteiger partial charge in [-0.3, -0.25) is 9.52 Å². The van der Waals surface area contributed by atoms with E-state index in [9.17, 15) is 13.2 Å². The number of benzene rings is 1. The van der Waals surface area contributed by atoms with Gasteiger partial charge in [0.1, 0.15) is 9.92 Å². The van der Waals surface area contributed by atoms with E-state index in [0.717, 1.165) is 15.8 Å². The molecule has 0 amide bonds. The molecule has 0 saturated heterocycles. The molecule has 2 N–H and O–H groups in total. The Morgan fingerprint density at radius 3 is 2.63 bits per heavy atom. The Bertz CT molecular complexity index is 774. The number of hydrogen-bond acceptors (Lipinski definition) is 3. The second kappa shape index (κ2) is 5.51. The number of pyridine rings is 1. The molecule has 0 saturated carbocycles. The third-order valence-electron chi connectivity index (χ3n) is 2.22. The van der Waals surface area contributed by atoms with Crippen LogP contribution in [-0.2, 0) is 10.0 Å². The fourth-order valence-corrected chi connectivity index (χ4v) is 3.18. The summed E-state index contributed by atoms with van der Waals surface area (Å²) in [6.07, 6.45) is 1.10. The summed E-state index contributed by atoms with van der Waals surface area (Å²) in [6, 6.07) is 8.00. The van der Waals surface area contributed by atoms with Crippen molar-refractivity contribution in [2.75, 3.05) is 4.72 Å². The lowest BCUT2D eigenvalue weighted by atomic mass is 10.3. The van der Waals surface area contributed by atoms with E-state index in [1.54, 1.807) is 18.2 Å². The van der Waals surface area contributed by atoms with E-state index < -0.39 is 15.6 Å². The summed E-state index contributed by atoms with van der Waals surface area (Å²) < 4.78 is 27.5.